The number of carbonyl (C=O) groups excluding carboxylic acids is 1. The molecule has 0 N–H and O–H groups in total. The Labute approximate surface area is 200 Å². The maximum Gasteiger partial charge on any atom is 0.255 e. The van der Waals surface area contributed by atoms with E-state index in [1.807, 2.05) is 22.6 Å². The third-order valence-corrected chi connectivity index (χ3v) is 6.68. The molecule has 1 fully saturated rings. The van der Waals surface area contributed by atoms with E-state index in [0.717, 1.165) is 29.8 Å². The van der Waals surface area contributed by atoms with Gasteiger partial charge in [0.05, 0.1) is 23.5 Å². The molecule has 1 aliphatic heterocycles. The Morgan fingerprint density at radius 1 is 0.882 bits per heavy atom. The Balaban J connectivity index is 1.35. The molecule has 4 aromatic rings. The van der Waals surface area contributed by atoms with Crippen molar-refractivity contribution in [2.45, 2.75) is 32.9 Å². The smallest absolute Gasteiger partial charge is 0.255 e. The molecule has 1 amide bonds. The fraction of sp³-hybridized carbons (Fsp3) is 0.321. The van der Waals surface area contributed by atoms with Crippen molar-refractivity contribution in [2.24, 2.45) is 0 Å². The molecule has 2 aromatic heterocycles. The van der Waals surface area contributed by atoms with Crippen molar-refractivity contribution in [3.8, 4) is 0 Å². The van der Waals surface area contributed by atoms with E-state index in [1.54, 1.807) is 6.20 Å². The monoisotopic (exact) mass is 453 g/mol. The van der Waals surface area contributed by atoms with E-state index in [0.29, 0.717) is 18.7 Å². The zero-order valence-corrected chi connectivity index (χ0v) is 20.1. The average Bonchev–Trinajstić information content (AvgIpc) is 3.28. The van der Waals surface area contributed by atoms with Gasteiger partial charge in [0.15, 0.2) is 5.65 Å². The summed E-state index contributed by atoms with van der Waals surface area (Å²) in [6, 6.07) is 23.6. The predicted octanol–water partition coefficient (Wildman–Crippen LogP) is 4.87. The van der Waals surface area contributed by atoms with Gasteiger partial charge in [-0.1, -0.05) is 60.7 Å². The molecule has 5 rings (SSSR count). The summed E-state index contributed by atoms with van der Waals surface area (Å²) in [5.74, 6) is 0.0554. The molecule has 0 saturated carbocycles. The van der Waals surface area contributed by atoms with Crippen molar-refractivity contribution in [1.29, 1.82) is 0 Å². The first-order valence-corrected chi connectivity index (χ1v) is 12.0. The number of nitrogens with zero attached hydrogens (tertiary/aromatic N) is 5. The average molecular weight is 454 g/mol. The van der Waals surface area contributed by atoms with Gasteiger partial charge in [-0.05, 0) is 38.0 Å². The molecule has 0 atom stereocenters. The van der Waals surface area contributed by atoms with Crippen LogP contribution in [0.2, 0.25) is 0 Å². The van der Waals surface area contributed by atoms with Crippen LogP contribution in [0.15, 0.2) is 72.9 Å². The topological polar surface area (TPSA) is 54.3 Å². The van der Waals surface area contributed by atoms with Gasteiger partial charge in [0, 0.05) is 37.6 Å². The van der Waals surface area contributed by atoms with Crippen molar-refractivity contribution in [3.05, 3.63) is 95.3 Å². The normalized spacial score (nSPS) is 14.9. The minimum Gasteiger partial charge on any atom is -0.336 e. The second-order valence-corrected chi connectivity index (χ2v) is 9.27. The van der Waals surface area contributed by atoms with Crippen molar-refractivity contribution >= 4 is 16.9 Å². The fourth-order valence-corrected chi connectivity index (χ4v) is 4.90. The van der Waals surface area contributed by atoms with Crippen LogP contribution < -0.4 is 0 Å². The van der Waals surface area contributed by atoms with E-state index >= 15 is 0 Å². The van der Waals surface area contributed by atoms with Gasteiger partial charge in [-0.25, -0.2) is 9.67 Å². The summed E-state index contributed by atoms with van der Waals surface area (Å²) in [4.78, 5) is 22.6. The van der Waals surface area contributed by atoms with E-state index < -0.39 is 0 Å². The van der Waals surface area contributed by atoms with E-state index in [4.69, 9.17) is 4.98 Å². The Hall–Kier alpha value is -3.51. The molecule has 1 aliphatic rings. The predicted molar refractivity (Wildman–Crippen MR) is 135 cm³/mol. The van der Waals surface area contributed by atoms with Crippen LogP contribution in [0.4, 0.5) is 0 Å². The van der Waals surface area contributed by atoms with Crippen molar-refractivity contribution < 1.29 is 4.79 Å². The van der Waals surface area contributed by atoms with Crippen LogP contribution in [-0.4, -0.2) is 56.7 Å². The standard InChI is InChI=1S/C28H31N5O/c1-20(2)33-27-24(19-29-33)18-25(21(3)30-27)28(34)32-16-14-31(15-17-32)26(22-10-6-4-7-11-22)23-12-8-5-9-13-23/h4-13,18-20,26H,14-17H2,1-3H3. The van der Waals surface area contributed by atoms with Crippen molar-refractivity contribution in [2.75, 3.05) is 26.2 Å². The second-order valence-electron chi connectivity index (χ2n) is 9.27. The second kappa shape index (κ2) is 9.39. The summed E-state index contributed by atoms with van der Waals surface area (Å²) < 4.78 is 1.91. The van der Waals surface area contributed by atoms with Crippen LogP contribution in [0.5, 0.6) is 0 Å². The highest BCUT2D eigenvalue weighted by atomic mass is 16.2. The molecule has 34 heavy (non-hydrogen) atoms. The van der Waals surface area contributed by atoms with Gasteiger partial charge in [-0.15, -0.1) is 0 Å². The minimum atomic E-state index is 0.0554. The highest BCUT2D eigenvalue weighted by Gasteiger charge is 2.29. The maximum atomic E-state index is 13.5. The number of piperazine rings is 1. The van der Waals surface area contributed by atoms with Crippen LogP contribution in [0.1, 0.15) is 53.1 Å². The number of rotatable bonds is 5. The lowest BCUT2D eigenvalue weighted by molar-refractivity contribution is 0.0596. The third-order valence-electron chi connectivity index (χ3n) is 6.68. The summed E-state index contributed by atoms with van der Waals surface area (Å²) >= 11 is 0. The maximum absolute atomic E-state index is 13.5. The Morgan fingerprint density at radius 3 is 2.03 bits per heavy atom. The molecular weight excluding hydrogens is 422 g/mol. The van der Waals surface area contributed by atoms with Crippen LogP contribution >= 0.6 is 0 Å². The number of pyridine rings is 1. The van der Waals surface area contributed by atoms with E-state index in [2.05, 4.69) is 84.5 Å². The van der Waals surface area contributed by atoms with Crippen LogP contribution in [0.3, 0.4) is 0 Å². The molecule has 0 radical (unpaired) electrons. The molecular formula is C28H31N5O. The zero-order chi connectivity index (χ0) is 23.7. The first-order valence-electron chi connectivity index (χ1n) is 12.0. The minimum absolute atomic E-state index is 0.0554. The zero-order valence-electron chi connectivity index (χ0n) is 20.1. The molecule has 6 heteroatoms. The van der Waals surface area contributed by atoms with Crippen LogP contribution in [0.25, 0.3) is 11.0 Å². The largest absolute Gasteiger partial charge is 0.336 e. The number of benzene rings is 2. The molecule has 1 saturated heterocycles. The lowest BCUT2D eigenvalue weighted by Crippen LogP contribution is -2.50. The number of fused-ring (bicyclic) bond motifs is 1. The molecule has 0 spiro atoms. The van der Waals surface area contributed by atoms with Gasteiger partial charge >= 0.3 is 0 Å². The highest BCUT2D eigenvalue weighted by molar-refractivity contribution is 5.98. The van der Waals surface area contributed by atoms with Gasteiger partial charge < -0.3 is 4.90 Å². The SMILES string of the molecule is Cc1nc2c(cnn2C(C)C)cc1C(=O)N1CCN(C(c2ccccc2)c2ccccc2)CC1. The molecule has 0 aliphatic carbocycles. The van der Waals surface area contributed by atoms with Crippen molar-refractivity contribution in [1.82, 2.24) is 24.6 Å². The van der Waals surface area contributed by atoms with Gasteiger partial charge in [-0.2, -0.15) is 5.10 Å². The first-order chi connectivity index (χ1) is 16.5. The van der Waals surface area contributed by atoms with Gasteiger partial charge in [0.1, 0.15) is 0 Å². The summed E-state index contributed by atoms with van der Waals surface area (Å²) in [5, 5.41) is 5.37. The molecule has 174 valence electrons. The third kappa shape index (κ3) is 4.21. The fourth-order valence-electron chi connectivity index (χ4n) is 4.90. The Morgan fingerprint density at radius 2 is 1.47 bits per heavy atom. The van der Waals surface area contributed by atoms with Crippen LogP contribution in [0, 0.1) is 6.92 Å². The van der Waals surface area contributed by atoms with Gasteiger partial charge in [0.2, 0.25) is 0 Å². The highest BCUT2D eigenvalue weighted by Crippen LogP contribution is 2.30. The van der Waals surface area contributed by atoms with Crippen LogP contribution in [-0.2, 0) is 0 Å². The number of hydrogen-bond acceptors (Lipinski definition) is 4. The number of amides is 1. The molecule has 6 nitrogen and oxygen atoms in total. The summed E-state index contributed by atoms with van der Waals surface area (Å²) in [7, 11) is 0. The summed E-state index contributed by atoms with van der Waals surface area (Å²) in [5.41, 5.74) is 4.82. The molecule has 0 unspecified atom stereocenters. The first kappa shape index (κ1) is 22.3. The lowest BCUT2D eigenvalue weighted by Gasteiger charge is -2.40. The number of hydrogen-bond donors (Lipinski definition) is 0. The Kier molecular flexibility index (Phi) is 6.16. The van der Waals surface area contributed by atoms with Gasteiger partial charge in [0.25, 0.3) is 5.91 Å². The molecule has 3 heterocycles. The van der Waals surface area contributed by atoms with Gasteiger partial charge in [-0.3, -0.25) is 9.69 Å². The summed E-state index contributed by atoms with van der Waals surface area (Å²) in [6.45, 7) is 9.11. The number of aromatic nitrogens is 3. The Bertz CT molecular complexity index is 1230. The number of carbonyl (C=O) groups is 1. The molecule has 0 bridgehead atoms. The van der Waals surface area contributed by atoms with E-state index in [-0.39, 0.29) is 18.0 Å². The van der Waals surface area contributed by atoms with E-state index in [1.165, 1.54) is 11.1 Å². The quantitative estimate of drug-likeness (QED) is 0.433. The summed E-state index contributed by atoms with van der Waals surface area (Å²) in [6.07, 6.45) is 1.81. The lowest BCUT2D eigenvalue weighted by atomic mass is 9.96. The van der Waals surface area contributed by atoms with E-state index in [9.17, 15) is 4.79 Å². The van der Waals surface area contributed by atoms with Crippen molar-refractivity contribution in [3.63, 3.8) is 0 Å². The number of aryl methyl sites for hydroxylation is 1. The molecule has 2 aromatic carbocycles.